The molecule has 9 heteroatoms. The number of hydrogen-bond acceptors (Lipinski definition) is 6. The van der Waals surface area contributed by atoms with Crippen LogP contribution in [-0.4, -0.2) is 62.9 Å². The van der Waals surface area contributed by atoms with Gasteiger partial charge in [-0.25, -0.2) is 13.9 Å². The van der Waals surface area contributed by atoms with Crippen molar-refractivity contribution in [1.82, 2.24) is 9.79 Å². The molecule has 1 aliphatic heterocycles. The summed E-state index contributed by atoms with van der Waals surface area (Å²) in [6.07, 6.45) is 0. The molecule has 1 fully saturated rings. The van der Waals surface area contributed by atoms with Crippen molar-refractivity contribution in [3.8, 4) is 17.6 Å². The molecule has 2 aromatic rings. The smallest absolute Gasteiger partial charge is 0.259 e. The highest BCUT2D eigenvalue weighted by atomic mass is 32.2. The Labute approximate surface area is 182 Å². The normalized spacial score (nSPS) is 15.5. The molecule has 1 unspecified atom stereocenters. The molecule has 1 amide bonds. The van der Waals surface area contributed by atoms with Crippen LogP contribution in [0.15, 0.2) is 54.6 Å². The van der Waals surface area contributed by atoms with E-state index < -0.39 is 27.6 Å². The second-order valence-corrected chi connectivity index (χ2v) is 9.04. The Kier molecular flexibility index (Phi) is 7.52. The molecular formula is C22H25N3O5S. The number of benzene rings is 2. The van der Waals surface area contributed by atoms with Crippen LogP contribution in [0.5, 0.6) is 5.75 Å². The van der Waals surface area contributed by atoms with E-state index in [0.717, 1.165) is 11.4 Å². The Bertz CT molecular complexity index is 1060. The Balaban J connectivity index is 1.67. The van der Waals surface area contributed by atoms with Crippen LogP contribution in [0.1, 0.15) is 5.56 Å². The summed E-state index contributed by atoms with van der Waals surface area (Å²) in [5, 5.41) is 9.02. The van der Waals surface area contributed by atoms with Crippen molar-refractivity contribution < 1.29 is 23.2 Å². The van der Waals surface area contributed by atoms with Crippen molar-refractivity contribution in [2.24, 2.45) is 5.92 Å². The summed E-state index contributed by atoms with van der Waals surface area (Å²) >= 11 is 0. The predicted octanol–water partition coefficient (Wildman–Crippen LogP) is 1.32. The maximum atomic E-state index is 12.9. The minimum absolute atomic E-state index is 0.291. The molecule has 8 nitrogen and oxygen atoms in total. The third-order valence-electron chi connectivity index (χ3n) is 5.02. The monoisotopic (exact) mass is 443 g/mol. The molecule has 2 N–H and O–H groups in total. The first-order valence-corrected chi connectivity index (χ1v) is 11.4. The van der Waals surface area contributed by atoms with Crippen LogP contribution in [-0.2, 0) is 14.8 Å². The number of nitrogens with zero attached hydrogens (tertiary/aromatic N) is 2. The van der Waals surface area contributed by atoms with Gasteiger partial charge in [-0.3, -0.25) is 10.0 Å². The molecule has 0 spiro atoms. The van der Waals surface area contributed by atoms with Crippen molar-refractivity contribution in [2.45, 2.75) is 0 Å². The summed E-state index contributed by atoms with van der Waals surface area (Å²) < 4.78 is 32.5. The first-order valence-electron chi connectivity index (χ1n) is 9.80. The molecule has 0 bridgehead atoms. The van der Waals surface area contributed by atoms with Crippen LogP contribution in [0, 0.1) is 17.8 Å². The van der Waals surface area contributed by atoms with Crippen molar-refractivity contribution in [3.63, 3.8) is 0 Å². The van der Waals surface area contributed by atoms with Gasteiger partial charge in [0, 0.05) is 43.5 Å². The Hall–Kier alpha value is -3.06. The number of hydrogen-bond donors (Lipinski definition) is 2. The van der Waals surface area contributed by atoms with E-state index in [1.54, 1.807) is 31.4 Å². The highest BCUT2D eigenvalue weighted by Crippen LogP contribution is 2.23. The third kappa shape index (κ3) is 5.98. The minimum Gasteiger partial charge on any atom is -0.497 e. The van der Waals surface area contributed by atoms with Gasteiger partial charge in [-0.05, 0) is 24.3 Å². The van der Waals surface area contributed by atoms with Gasteiger partial charge >= 0.3 is 0 Å². The molecule has 0 saturated carbocycles. The van der Waals surface area contributed by atoms with Gasteiger partial charge in [0.2, 0.25) is 10.0 Å². The van der Waals surface area contributed by atoms with Crippen molar-refractivity contribution in [2.75, 3.05) is 43.9 Å². The van der Waals surface area contributed by atoms with Gasteiger partial charge in [0.05, 0.1) is 12.9 Å². The maximum absolute atomic E-state index is 12.9. The van der Waals surface area contributed by atoms with Crippen LogP contribution < -0.4 is 15.1 Å². The molecule has 1 saturated heterocycles. The molecule has 0 aliphatic carbocycles. The average molecular weight is 444 g/mol. The molecule has 2 aromatic carbocycles. The lowest BCUT2D eigenvalue weighted by molar-refractivity contribution is -0.131. The van der Waals surface area contributed by atoms with E-state index in [1.807, 2.05) is 30.3 Å². The van der Waals surface area contributed by atoms with Crippen molar-refractivity contribution >= 4 is 21.6 Å². The second-order valence-electron chi connectivity index (χ2n) is 7.03. The van der Waals surface area contributed by atoms with Gasteiger partial charge in [0.1, 0.15) is 11.7 Å². The van der Waals surface area contributed by atoms with E-state index in [2.05, 4.69) is 16.7 Å². The number of hydroxylamine groups is 1. The van der Waals surface area contributed by atoms with E-state index in [1.165, 1.54) is 9.79 Å². The zero-order chi connectivity index (χ0) is 22.3. The molecular weight excluding hydrogens is 418 g/mol. The molecule has 3 rings (SSSR count). The summed E-state index contributed by atoms with van der Waals surface area (Å²) in [6, 6.07) is 16.5. The molecule has 1 heterocycles. The van der Waals surface area contributed by atoms with Crippen LogP contribution in [0.2, 0.25) is 0 Å². The van der Waals surface area contributed by atoms with Crippen LogP contribution in [0.25, 0.3) is 0 Å². The van der Waals surface area contributed by atoms with E-state index in [-0.39, 0.29) is 0 Å². The number of ether oxygens (including phenoxy) is 1. The maximum Gasteiger partial charge on any atom is 0.259 e. The zero-order valence-electron chi connectivity index (χ0n) is 17.2. The lowest BCUT2D eigenvalue weighted by Crippen LogP contribution is -2.50. The fourth-order valence-electron chi connectivity index (χ4n) is 3.30. The molecule has 31 heavy (non-hydrogen) atoms. The number of rotatable bonds is 6. The quantitative estimate of drug-likeness (QED) is 0.397. The number of carbonyl (C=O) groups excluding carboxylic acids is 1. The highest BCUT2D eigenvalue weighted by molar-refractivity contribution is 7.89. The Morgan fingerprint density at radius 3 is 2.48 bits per heavy atom. The summed E-state index contributed by atoms with van der Waals surface area (Å²) in [6.45, 7) is 1.61. The Morgan fingerprint density at radius 2 is 1.84 bits per heavy atom. The predicted molar refractivity (Wildman–Crippen MR) is 117 cm³/mol. The standard InChI is InChI=1S/C22H25N3O5S/c1-30-21-9-5-8-20(16-21)24-12-14-25(15-13-24)31(28,29)17-19(22(26)23-27)11-10-18-6-3-2-4-7-18/h2-9,16,19,27H,12-15,17H2,1H3,(H,23,26). The number of sulfonamides is 1. The van der Waals surface area contributed by atoms with Gasteiger partial charge < -0.3 is 9.64 Å². The van der Waals surface area contributed by atoms with Crippen molar-refractivity contribution in [1.29, 1.82) is 0 Å². The van der Waals surface area contributed by atoms with Gasteiger partial charge in [0.25, 0.3) is 5.91 Å². The van der Waals surface area contributed by atoms with Crippen LogP contribution >= 0.6 is 0 Å². The van der Waals surface area contributed by atoms with Gasteiger partial charge in [-0.1, -0.05) is 36.1 Å². The fraction of sp³-hybridized carbons (Fsp3) is 0.318. The number of carbonyl (C=O) groups is 1. The number of methoxy groups -OCH3 is 1. The third-order valence-corrected chi connectivity index (χ3v) is 6.93. The topological polar surface area (TPSA) is 99.2 Å². The van der Waals surface area contributed by atoms with Gasteiger partial charge in [-0.2, -0.15) is 4.31 Å². The Morgan fingerprint density at radius 1 is 1.13 bits per heavy atom. The number of nitrogens with one attached hydrogen (secondary N) is 1. The second kappa shape index (κ2) is 10.3. The minimum atomic E-state index is -3.75. The lowest BCUT2D eigenvalue weighted by atomic mass is 10.1. The number of anilines is 1. The van der Waals surface area contributed by atoms with Gasteiger partial charge in [0.15, 0.2) is 0 Å². The first-order chi connectivity index (χ1) is 14.9. The number of amides is 1. The first kappa shape index (κ1) is 22.6. The molecule has 164 valence electrons. The van der Waals surface area contributed by atoms with Crippen LogP contribution in [0.3, 0.4) is 0 Å². The fourth-order valence-corrected chi connectivity index (χ4v) is 4.89. The summed E-state index contributed by atoms with van der Waals surface area (Å²) in [5.41, 5.74) is 3.14. The van der Waals surface area contributed by atoms with E-state index in [0.29, 0.717) is 31.7 Å². The van der Waals surface area contributed by atoms with Crippen molar-refractivity contribution in [3.05, 3.63) is 60.2 Å². The molecule has 0 radical (unpaired) electrons. The lowest BCUT2D eigenvalue weighted by Gasteiger charge is -2.35. The van der Waals surface area contributed by atoms with E-state index >= 15 is 0 Å². The SMILES string of the molecule is COc1cccc(N2CCN(S(=O)(=O)CC(C#Cc3ccccc3)C(=O)NO)CC2)c1. The van der Waals surface area contributed by atoms with Crippen LogP contribution in [0.4, 0.5) is 5.69 Å². The zero-order valence-corrected chi connectivity index (χ0v) is 18.0. The molecule has 0 aromatic heterocycles. The largest absolute Gasteiger partial charge is 0.497 e. The summed E-state index contributed by atoms with van der Waals surface area (Å²) in [7, 11) is -2.15. The number of piperazine rings is 1. The molecule has 1 atom stereocenters. The van der Waals surface area contributed by atoms with E-state index in [4.69, 9.17) is 9.94 Å². The van der Waals surface area contributed by atoms with Gasteiger partial charge in [-0.15, -0.1) is 0 Å². The molecule has 1 aliphatic rings. The summed E-state index contributed by atoms with van der Waals surface area (Å²) in [5.74, 6) is 3.68. The van der Waals surface area contributed by atoms with E-state index in [9.17, 15) is 13.2 Å². The average Bonchev–Trinajstić information content (AvgIpc) is 2.82. The summed E-state index contributed by atoms with van der Waals surface area (Å²) in [4.78, 5) is 14.1. The highest BCUT2D eigenvalue weighted by Gasteiger charge is 2.31.